The normalized spacial score (nSPS) is 11.7. The predicted molar refractivity (Wildman–Crippen MR) is 118 cm³/mol. The van der Waals surface area contributed by atoms with E-state index in [-0.39, 0.29) is 24.0 Å². The Morgan fingerprint density at radius 2 is 1.88 bits per heavy atom. The van der Waals surface area contributed by atoms with Crippen molar-refractivity contribution < 1.29 is 26.4 Å². The van der Waals surface area contributed by atoms with E-state index in [1.165, 1.54) is 43.7 Å². The maximum atomic E-state index is 13.5. The number of aromatic nitrogens is 4. The monoisotopic (exact) mass is 496 g/mol. The van der Waals surface area contributed by atoms with Gasteiger partial charge >= 0.3 is 6.18 Å². The topological polar surface area (TPSA) is 156 Å². The standard InChI is InChI=1S/C19H19F3N8O3S/c1-30(34(2,32)33)17-11(4-3-7-24-17)8-26-16-13(19(20,21)22)10-27-18(29-16)28-12-5-6-14(15(23)31)25-9-12/h3-7,9-10H,8H2,1-2H3,(H2,23,31)(H2,26,27,28,29). The highest BCUT2D eigenvalue weighted by Crippen LogP contribution is 2.34. The first-order valence-electron chi connectivity index (χ1n) is 9.45. The van der Waals surface area contributed by atoms with Crippen molar-refractivity contribution in [1.29, 1.82) is 0 Å². The van der Waals surface area contributed by atoms with Gasteiger partial charge in [0.2, 0.25) is 16.0 Å². The van der Waals surface area contributed by atoms with Crippen molar-refractivity contribution in [3.05, 3.63) is 59.7 Å². The Kier molecular flexibility index (Phi) is 6.85. The zero-order valence-corrected chi connectivity index (χ0v) is 18.6. The van der Waals surface area contributed by atoms with E-state index in [1.807, 2.05) is 0 Å². The van der Waals surface area contributed by atoms with Crippen LogP contribution in [0.4, 0.5) is 36.4 Å². The fourth-order valence-electron chi connectivity index (χ4n) is 2.71. The largest absolute Gasteiger partial charge is 0.421 e. The van der Waals surface area contributed by atoms with Crippen LogP contribution in [0, 0.1) is 0 Å². The second-order valence-corrected chi connectivity index (χ2v) is 8.96. The smallest absolute Gasteiger partial charge is 0.365 e. The maximum absolute atomic E-state index is 13.5. The molecule has 1 amide bonds. The van der Waals surface area contributed by atoms with E-state index in [4.69, 9.17) is 5.73 Å². The van der Waals surface area contributed by atoms with Crippen molar-refractivity contribution in [1.82, 2.24) is 19.9 Å². The molecule has 0 aliphatic heterocycles. The number of primary amides is 1. The lowest BCUT2D eigenvalue weighted by molar-refractivity contribution is -0.137. The molecule has 0 fully saturated rings. The van der Waals surface area contributed by atoms with Gasteiger partial charge in [0.25, 0.3) is 5.91 Å². The summed E-state index contributed by atoms with van der Waals surface area (Å²) in [4.78, 5) is 26.6. The minimum atomic E-state index is -4.76. The molecule has 3 heterocycles. The Bertz CT molecular complexity index is 1300. The number of nitrogens with one attached hydrogen (secondary N) is 2. The number of rotatable bonds is 8. The first-order chi connectivity index (χ1) is 15.9. The first kappa shape index (κ1) is 24.6. The van der Waals surface area contributed by atoms with Crippen LogP contribution < -0.4 is 20.7 Å². The molecule has 0 aromatic carbocycles. The number of halogens is 3. The minimum absolute atomic E-state index is 0.00702. The van der Waals surface area contributed by atoms with E-state index in [0.717, 1.165) is 10.6 Å². The number of nitrogens with two attached hydrogens (primary N) is 1. The van der Waals surface area contributed by atoms with Crippen LogP contribution >= 0.6 is 0 Å². The summed E-state index contributed by atoms with van der Waals surface area (Å²) in [6.45, 7) is -0.211. The van der Waals surface area contributed by atoms with Gasteiger partial charge in [0, 0.05) is 31.5 Å². The molecule has 4 N–H and O–H groups in total. The number of pyridine rings is 2. The maximum Gasteiger partial charge on any atom is 0.421 e. The second kappa shape index (κ2) is 9.46. The molecule has 0 spiro atoms. The molecule has 3 rings (SSSR count). The van der Waals surface area contributed by atoms with Crippen LogP contribution in [0.2, 0.25) is 0 Å². The highest BCUT2D eigenvalue weighted by molar-refractivity contribution is 7.92. The lowest BCUT2D eigenvalue weighted by Gasteiger charge is -2.20. The summed E-state index contributed by atoms with van der Waals surface area (Å²) in [5.74, 6) is -1.40. The van der Waals surface area contributed by atoms with Crippen molar-refractivity contribution in [2.24, 2.45) is 5.73 Å². The van der Waals surface area contributed by atoms with Gasteiger partial charge in [-0.15, -0.1) is 0 Å². The van der Waals surface area contributed by atoms with E-state index in [1.54, 1.807) is 0 Å². The quantitative estimate of drug-likeness (QED) is 0.425. The molecule has 34 heavy (non-hydrogen) atoms. The zero-order valence-electron chi connectivity index (χ0n) is 17.8. The molecule has 0 atom stereocenters. The molecular weight excluding hydrogens is 477 g/mol. The molecule has 0 saturated carbocycles. The third kappa shape index (κ3) is 5.86. The van der Waals surface area contributed by atoms with Crippen LogP contribution in [-0.4, -0.2) is 47.6 Å². The number of carbonyl (C=O) groups is 1. The minimum Gasteiger partial charge on any atom is -0.365 e. The molecule has 0 aliphatic carbocycles. The van der Waals surface area contributed by atoms with E-state index < -0.39 is 33.5 Å². The van der Waals surface area contributed by atoms with E-state index in [0.29, 0.717) is 17.4 Å². The van der Waals surface area contributed by atoms with Crippen molar-refractivity contribution in [3.63, 3.8) is 0 Å². The highest BCUT2D eigenvalue weighted by atomic mass is 32.2. The number of hydrogen-bond donors (Lipinski definition) is 3. The molecule has 0 saturated heterocycles. The van der Waals surface area contributed by atoms with Gasteiger partial charge in [-0.25, -0.2) is 23.4 Å². The van der Waals surface area contributed by atoms with Gasteiger partial charge in [-0.05, 0) is 18.2 Å². The van der Waals surface area contributed by atoms with Crippen LogP contribution in [-0.2, 0) is 22.7 Å². The number of alkyl halides is 3. The zero-order chi connectivity index (χ0) is 25.1. The third-order valence-electron chi connectivity index (χ3n) is 4.48. The number of anilines is 4. The summed E-state index contributed by atoms with van der Waals surface area (Å²) in [5.41, 5.74) is 4.64. The predicted octanol–water partition coefficient (Wildman–Crippen LogP) is 2.14. The van der Waals surface area contributed by atoms with Gasteiger partial charge in [-0.2, -0.15) is 18.2 Å². The molecule has 0 aliphatic rings. The molecule has 0 unspecified atom stereocenters. The van der Waals surface area contributed by atoms with E-state index in [2.05, 4.69) is 30.6 Å². The van der Waals surface area contributed by atoms with Crippen molar-refractivity contribution in [3.8, 4) is 0 Å². The number of carbonyl (C=O) groups excluding carboxylic acids is 1. The molecule has 3 aromatic heterocycles. The molecule has 15 heteroatoms. The number of nitrogens with zero attached hydrogens (tertiary/aromatic N) is 5. The molecule has 11 nitrogen and oxygen atoms in total. The van der Waals surface area contributed by atoms with Gasteiger partial charge in [0.15, 0.2) is 0 Å². The van der Waals surface area contributed by atoms with E-state index >= 15 is 0 Å². The summed E-state index contributed by atoms with van der Waals surface area (Å²) < 4.78 is 65.2. The molecule has 3 aromatic rings. The van der Waals surface area contributed by atoms with Crippen LogP contribution in [0.15, 0.2) is 42.9 Å². The van der Waals surface area contributed by atoms with Crippen LogP contribution in [0.1, 0.15) is 21.6 Å². The fraction of sp³-hybridized carbons (Fsp3) is 0.211. The van der Waals surface area contributed by atoms with Gasteiger partial charge in [0.05, 0.1) is 18.1 Å². The Morgan fingerprint density at radius 3 is 2.47 bits per heavy atom. The first-order valence-corrected chi connectivity index (χ1v) is 11.3. The average molecular weight is 496 g/mol. The lowest BCUT2D eigenvalue weighted by atomic mass is 10.2. The second-order valence-electron chi connectivity index (χ2n) is 6.95. The molecule has 180 valence electrons. The molecule has 0 radical (unpaired) electrons. The lowest BCUT2D eigenvalue weighted by Crippen LogP contribution is -2.27. The van der Waals surface area contributed by atoms with Crippen LogP contribution in [0.25, 0.3) is 0 Å². The Labute approximate surface area is 192 Å². The highest BCUT2D eigenvalue weighted by Gasteiger charge is 2.35. The van der Waals surface area contributed by atoms with Crippen LogP contribution in [0.3, 0.4) is 0 Å². The fourth-order valence-corrected chi connectivity index (χ4v) is 3.19. The van der Waals surface area contributed by atoms with Crippen molar-refractivity contribution in [2.45, 2.75) is 12.7 Å². The van der Waals surface area contributed by atoms with Gasteiger partial charge < -0.3 is 16.4 Å². The number of amides is 1. The summed E-state index contributed by atoms with van der Waals surface area (Å²) in [6.07, 6.45) is -0.556. The summed E-state index contributed by atoms with van der Waals surface area (Å²) in [5, 5.41) is 5.28. The van der Waals surface area contributed by atoms with E-state index in [9.17, 15) is 26.4 Å². The molecule has 0 bridgehead atoms. The average Bonchev–Trinajstić information content (AvgIpc) is 2.76. The third-order valence-corrected chi connectivity index (χ3v) is 5.64. The Morgan fingerprint density at radius 1 is 1.15 bits per heavy atom. The Hall–Kier alpha value is -4.01. The van der Waals surface area contributed by atoms with Crippen LogP contribution in [0.5, 0.6) is 0 Å². The number of hydrogen-bond acceptors (Lipinski definition) is 9. The summed E-state index contributed by atoms with van der Waals surface area (Å²) in [7, 11) is -2.37. The van der Waals surface area contributed by atoms with Crippen molar-refractivity contribution in [2.75, 3.05) is 28.2 Å². The van der Waals surface area contributed by atoms with Crippen molar-refractivity contribution >= 4 is 39.2 Å². The Balaban J connectivity index is 1.89. The summed E-state index contributed by atoms with van der Waals surface area (Å²) in [6, 6.07) is 5.81. The SMILES string of the molecule is CN(c1ncccc1CNc1nc(Nc2ccc(C(N)=O)nc2)ncc1C(F)(F)F)S(C)(=O)=O. The molecular formula is C19H19F3N8O3S. The number of sulfonamides is 1. The van der Waals surface area contributed by atoms with Gasteiger partial charge in [-0.3, -0.25) is 9.10 Å². The summed E-state index contributed by atoms with van der Waals surface area (Å²) >= 11 is 0. The van der Waals surface area contributed by atoms with Gasteiger partial charge in [0.1, 0.15) is 22.9 Å². The van der Waals surface area contributed by atoms with Gasteiger partial charge in [-0.1, -0.05) is 6.07 Å².